The minimum Gasteiger partial charge on any atom is -0.495 e. The first-order valence-electron chi connectivity index (χ1n) is 9.43. The van der Waals surface area contributed by atoms with Crippen LogP contribution < -0.4 is 9.64 Å². The molecule has 0 N–H and O–H groups in total. The zero-order chi connectivity index (χ0) is 21.2. The molecule has 2 aromatic carbocycles. The van der Waals surface area contributed by atoms with Crippen molar-refractivity contribution in [3.63, 3.8) is 0 Å². The summed E-state index contributed by atoms with van der Waals surface area (Å²) in [6, 6.07) is 11.0. The third-order valence-electron chi connectivity index (χ3n) is 4.98. The molecule has 3 rings (SSSR count). The van der Waals surface area contributed by atoms with E-state index in [-0.39, 0.29) is 16.6 Å². The van der Waals surface area contributed by atoms with Crippen molar-refractivity contribution in [1.29, 1.82) is 0 Å². The summed E-state index contributed by atoms with van der Waals surface area (Å²) in [6.45, 7) is 2.71. The first-order valence-corrected chi connectivity index (χ1v) is 10.9. The van der Waals surface area contributed by atoms with E-state index in [9.17, 15) is 13.2 Å². The molecule has 0 spiro atoms. The standard InChI is InChI=1S/C22H26N2O4S/c1-16-7-10-19-18(14-16)6-5-13-24(19)22(25)12-9-17-8-11-20(28-4)21(15-17)29(26,27)23(2)3/h7-12,14-15H,5-6,13H2,1-4H3/b12-9+. The van der Waals surface area contributed by atoms with Crippen molar-refractivity contribution in [2.45, 2.75) is 24.7 Å². The second kappa shape index (κ2) is 8.39. The highest BCUT2D eigenvalue weighted by Crippen LogP contribution is 2.29. The van der Waals surface area contributed by atoms with Gasteiger partial charge >= 0.3 is 0 Å². The maximum atomic E-state index is 12.8. The zero-order valence-corrected chi connectivity index (χ0v) is 18.0. The van der Waals surface area contributed by atoms with Gasteiger partial charge in [0.2, 0.25) is 10.0 Å². The van der Waals surface area contributed by atoms with E-state index in [4.69, 9.17) is 4.74 Å². The quantitative estimate of drug-likeness (QED) is 0.705. The Morgan fingerprint density at radius 2 is 1.93 bits per heavy atom. The van der Waals surface area contributed by atoms with Gasteiger partial charge in [-0.25, -0.2) is 12.7 Å². The van der Waals surface area contributed by atoms with Crippen LogP contribution in [0.25, 0.3) is 6.08 Å². The SMILES string of the molecule is COc1ccc(/C=C/C(=O)N2CCCc3cc(C)ccc32)cc1S(=O)(=O)N(C)C. The van der Waals surface area contributed by atoms with Gasteiger partial charge in [-0.05, 0) is 55.2 Å². The minimum atomic E-state index is -3.67. The third kappa shape index (κ3) is 4.36. The number of carbonyl (C=O) groups is 1. The zero-order valence-electron chi connectivity index (χ0n) is 17.2. The van der Waals surface area contributed by atoms with Gasteiger partial charge in [-0.2, -0.15) is 0 Å². The molecule has 0 radical (unpaired) electrons. The van der Waals surface area contributed by atoms with E-state index in [1.807, 2.05) is 19.1 Å². The van der Waals surface area contributed by atoms with Gasteiger partial charge in [0, 0.05) is 32.4 Å². The second-order valence-electron chi connectivity index (χ2n) is 7.26. The number of fused-ring (bicyclic) bond motifs is 1. The summed E-state index contributed by atoms with van der Waals surface area (Å²) < 4.78 is 31.5. The summed E-state index contributed by atoms with van der Waals surface area (Å²) >= 11 is 0. The largest absolute Gasteiger partial charge is 0.495 e. The fourth-order valence-corrected chi connectivity index (χ4v) is 4.49. The summed E-state index contributed by atoms with van der Waals surface area (Å²) in [5, 5.41) is 0. The van der Waals surface area contributed by atoms with Crippen LogP contribution in [0.5, 0.6) is 5.75 Å². The molecule has 0 bridgehead atoms. The lowest BCUT2D eigenvalue weighted by Gasteiger charge is -2.29. The molecular weight excluding hydrogens is 388 g/mol. The molecule has 2 aromatic rings. The van der Waals surface area contributed by atoms with Crippen LogP contribution in [0.2, 0.25) is 0 Å². The van der Waals surface area contributed by atoms with Gasteiger partial charge < -0.3 is 9.64 Å². The molecule has 0 unspecified atom stereocenters. The van der Waals surface area contributed by atoms with E-state index < -0.39 is 10.0 Å². The first kappa shape index (κ1) is 21.1. The number of methoxy groups -OCH3 is 1. The Hall–Kier alpha value is -2.64. The molecule has 7 heteroatoms. The molecule has 0 fully saturated rings. The number of benzene rings is 2. The van der Waals surface area contributed by atoms with Gasteiger partial charge in [0.1, 0.15) is 10.6 Å². The van der Waals surface area contributed by atoms with Gasteiger partial charge in [0.15, 0.2) is 0 Å². The monoisotopic (exact) mass is 414 g/mol. The van der Waals surface area contributed by atoms with Crippen LogP contribution in [0.1, 0.15) is 23.1 Å². The Kier molecular flexibility index (Phi) is 6.10. The van der Waals surface area contributed by atoms with Crippen molar-refractivity contribution in [3.05, 3.63) is 59.2 Å². The predicted molar refractivity (Wildman–Crippen MR) is 115 cm³/mol. The molecule has 1 heterocycles. The Balaban J connectivity index is 1.89. The number of rotatable bonds is 5. The van der Waals surface area contributed by atoms with Crippen LogP contribution >= 0.6 is 0 Å². The number of ether oxygens (including phenoxy) is 1. The number of hydrogen-bond acceptors (Lipinski definition) is 4. The van der Waals surface area contributed by atoms with Gasteiger partial charge in [-0.3, -0.25) is 4.79 Å². The molecule has 1 aliphatic rings. The van der Waals surface area contributed by atoms with E-state index in [1.165, 1.54) is 44.5 Å². The van der Waals surface area contributed by atoms with Crippen molar-refractivity contribution in [1.82, 2.24) is 4.31 Å². The highest BCUT2D eigenvalue weighted by Gasteiger charge is 2.23. The smallest absolute Gasteiger partial charge is 0.250 e. The topological polar surface area (TPSA) is 66.9 Å². The van der Waals surface area contributed by atoms with E-state index in [2.05, 4.69) is 6.07 Å². The molecule has 0 saturated heterocycles. The second-order valence-corrected chi connectivity index (χ2v) is 9.38. The lowest BCUT2D eigenvalue weighted by Crippen LogP contribution is -2.34. The van der Waals surface area contributed by atoms with Gasteiger partial charge in [0.25, 0.3) is 5.91 Å². The minimum absolute atomic E-state index is 0.0680. The van der Waals surface area contributed by atoms with E-state index >= 15 is 0 Å². The fourth-order valence-electron chi connectivity index (χ4n) is 3.41. The predicted octanol–water partition coefficient (Wildman–Crippen LogP) is 3.25. The van der Waals surface area contributed by atoms with Gasteiger partial charge in [-0.15, -0.1) is 0 Å². The lowest BCUT2D eigenvalue weighted by atomic mass is 9.99. The van der Waals surface area contributed by atoms with Crippen LogP contribution in [0.4, 0.5) is 5.69 Å². The van der Waals surface area contributed by atoms with Crippen LogP contribution in [-0.2, 0) is 21.2 Å². The van der Waals surface area contributed by atoms with Gasteiger partial charge in [-0.1, -0.05) is 23.8 Å². The number of amides is 1. The molecule has 1 amide bonds. The van der Waals surface area contributed by atoms with E-state index in [0.717, 1.165) is 22.8 Å². The molecule has 29 heavy (non-hydrogen) atoms. The highest BCUT2D eigenvalue weighted by molar-refractivity contribution is 7.89. The Labute approximate surface area is 172 Å². The van der Waals surface area contributed by atoms with Gasteiger partial charge in [0.05, 0.1) is 7.11 Å². The molecule has 6 nitrogen and oxygen atoms in total. The molecule has 0 atom stereocenters. The van der Waals surface area contributed by atoms with Crippen molar-refractivity contribution in [2.24, 2.45) is 0 Å². The number of sulfonamides is 1. The fraction of sp³-hybridized carbons (Fsp3) is 0.318. The van der Waals surface area contributed by atoms with Crippen LogP contribution in [0.15, 0.2) is 47.4 Å². The van der Waals surface area contributed by atoms with Crippen LogP contribution in [-0.4, -0.2) is 46.4 Å². The Morgan fingerprint density at radius 3 is 2.62 bits per heavy atom. The molecule has 0 aliphatic carbocycles. The van der Waals surface area contributed by atoms with Crippen molar-refractivity contribution in [2.75, 3.05) is 32.6 Å². The normalized spacial score (nSPS) is 14.3. The maximum absolute atomic E-state index is 12.8. The molecule has 1 aliphatic heterocycles. The van der Waals surface area contributed by atoms with Crippen molar-refractivity contribution in [3.8, 4) is 5.75 Å². The molecule has 0 saturated carbocycles. The van der Waals surface area contributed by atoms with E-state index in [1.54, 1.807) is 23.1 Å². The summed E-state index contributed by atoms with van der Waals surface area (Å²) in [5.74, 6) is 0.144. The average molecular weight is 415 g/mol. The summed E-state index contributed by atoms with van der Waals surface area (Å²) in [5.41, 5.74) is 3.92. The lowest BCUT2D eigenvalue weighted by molar-refractivity contribution is -0.114. The molecule has 154 valence electrons. The number of hydrogen-bond donors (Lipinski definition) is 0. The Bertz CT molecular complexity index is 1060. The van der Waals surface area contributed by atoms with E-state index in [0.29, 0.717) is 12.1 Å². The maximum Gasteiger partial charge on any atom is 0.250 e. The van der Waals surface area contributed by atoms with Crippen LogP contribution in [0, 0.1) is 6.92 Å². The number of carbonyl (C=O) groups excluding carboxylic acids is 1. The molecular formula is C22H26N2O4S. The highest BCUT2D eigenvalue weighted by atomic mass is 32.2. The Morgan fingerprint density at radius 1 is 1.17 bits per heavy atom. The summed E-state index contributed by atoms with van der Waals surface area (Å²) in [6.07, 6.45) is 5.01. The van der Waals surface area contributed by atoms with Crippen molar-refractivity contribution < 1.29 is 17.9 Å². The number of anilines is 1. The van der Waals surface area contributed by atoms with Crippen LogP contribution in [0.3, 0.4) is 0 Å². The first-order chi connectivity index (χ1) is 13.7. The average Bonchev–Trinajstić information content (AvgIpc) is 2.70. The van der Waals surface area contributed by atoms with Crippen molar-refractivity contribution >= 4 is 27.7 Å². The summed E-state index contributed by atoms with van der Waals surface area (Å²) in [4.78, 5) is 14.7. The third-order valence-corrected chi connectivity index (χ3v) is 6.82. The summed E-state index contributed by atoms with van der Waals surface area (Å²) in [7, 11) is 0.700. The molecule has 0 aromatic heterocycles. The number of nitrogens with zero attached hydrogens (tertiary/aromatic N) is 2. The number of aryl methyl sites for hydroxylation is 2.